The van der Waals surface area contributed by atoms with E-state index in [4.69, 9.17) is 14.6 Å². The van der Waals surface area contributed by atoms with Gasteiger partial charge in [-0.05, 0) is 0 Å². The van der Waals surface area contributed by atoms with Gasteiger partial charge in [-0.25, -0.2) is 4.79 Å². The minimum absolute atomic E-state index is 0.151. The maximum atomic E-state index is 11.8. The summed E-state index contributed by atoms with van der Waals surface area (Å²) in [6.07, 6.45) is -1.01. The number of hydrogen-bond acceptors (Lipinski definition) is 6. The smallest absolute Gasteiger partial charge is 0.330 e. The van der Waals surface area contributed by atoms with Gasteiger partial charge in [-0.2, -0.15) is 0 Å². The summed E-state index contributed by atoms with van der Waals surface area (Å²) in [6, 6.07) is 1.16. The predicted octanol–water partition coefficient (Wildman–Crippen LogP) is -0.615. The highest BCUT2D eigenvalue weighted by molar-refractivity contribution is 4.94. The van der Waals surface area contributed by atoms with Crippen molar-refractivity contribution in [2.24, 2.45) is 0 Å². The number of aromatic nitrogens is 2. The molecule has 8 heteroatoms. The van der Waals surface area contributed by atoms with Crippen LogP contribution in [0.5, 0.6) is 0 Å². The predicted molar refractivity (Wildman–Crippen MR) is 79.6 cm³/mol. The Labute approximate surface area is 127 Å². The minimum atomic E-state index is -1.09. The van der Waals surface area contributed by atoms with Crippen LogP contribution in [0.15, 0.2) is 34.5 Å². The molecule has 0 radical (unpaired) electrons. The Bertz CT molecular complexity index is 581. The van der Waals surface area contributed by atoms with Crippen molar-refractivity contribution in [3.8, 4) is 0 Å². The van der Waals surface area contributed by atoms with Crippen LogP contribution in [0.25, 0.3) is 0 Å². The summed E-state index contributed by atoms with van der Waals surface area (Å²) >= 11 is 0. The second-order valence-electron chi connectivity index (χ2n) is 4.34. The maximum Gasteiger partial charge on any atom is 0.330 e. The van der Waals surface area contributed by atoms with Gasteiger partial charge >= 0.3 is 5.69 Å². The summed E-state index contributed by atoms with van der Waals surface area (Å²) in [7, 11) is 0. The Hall–Kier alpha value is -1.74. The van der Waals surface area contributed by atoms with Crippen molar-refractivity contribution in [1.82, 2.24) is 9.55 Å². The van der Waals surface area contributed by atoms with Gasteiger partial charge in [0.25, 0.3) is 5.56 Å². The largest absolute Gasteiger partial charge is 0.394 e. The number of nitrogens with zero attached hydrogens (tertiary/aromatic N) is 1. The van der Waals surface area contributed by atoms with E-state index in [1.165, 1.54) is 12.3 Å². The van der Waals surface area contributed by atoms with E-state index in [0.29, 0.717) is 0 Å². The van der Waals surface area contributed by atoms with Crippen molar-refractivity contribution in [3.05, 3.63) is 45.8 Å². The van der Waals surface area contributed by atoms with Crippen LogP contribution in [0, 0.1) is 0 Å². The van der Waals surface area contributed by atoms with Gasteiger partial charge in [0.1, 0.15) is 18.3 Å². The lowest BCUT2D eigenvalue weighted by Gasteiger charge is -2.21. The van der Waals surface area contributed by atoms with Gasteiger partial charge in [-0.3, -0.25) is 14.3 Å². The Balaban J connectivity index is 0.00000116. The summed E-state index contributed by atoms with van der Waals surface area (Å²) in [5.41, 5.74) is -1.22. The van der Waals surface area contributed by atoms with Crippen LogP contribution in [0.2, 0.25) is 0 Å². The SMILES string of the molecule is C=CCOC1C(O)C(CO)OC1n1ccc(=O)[nH]c1=O.CC. The lowest BCUT2D eigenvalue weighted by Crippen LogP contribution is -2.39. The third kappa shape index (κ3) is 3.92. The molecule has 0 amide bonds. The summed E-state index contributed by atoms with van der Waals surface area (Å²) in [4.78, 5) is 24.9. The first-order valence-electron chi connectivity index (χ1n) is 7.07. The molecular formula is C14H22N2O6. The van der Waals surface area contributed by atoms with Crippen LogP contribution in [0.1, 0.15) is 20.1 Å². The molecule has 2 heterocycles. The number of aliphatic hydroxyl groups is 2. The van der Waals surface area contributed by atoms with Gasteiger partial charge in [0.15, 0.2) is 6.23 Å². The fraction of sp³-hybridized carbons (Fsp3) is 0.571. The molecule has 8 nitrogen and oxygen atoms in total. The molecule has 0 aliphatic carbocycles. The molecule has 1 aromatic rings. The Morgan fingerprint density at radius 2 is 2.18 bits per heavy atom. The molecule has 3 N–H and O–H groups in total. The van der Waals surface area contributed by atoms with Crippen molar-refractivity contribution >= 4 is 0 Å². The van der Waals surface area contributed by atoms with Gasteiger partial charge < -0.3 is 19.7 Å². The Morgan fingerprint density at radius 1 is 1.50 bits per heavy atom. The van der Waals surface area contributed by atoms with E-state index in [1.54, 1.807) is 0 Å². The summed E-state index contributed by atoms with van der Waals surface area (Å²) in [6.45, 7) is 7.24. The average molecular weight is 314 g/mol. The van der Waals surface area contributed by atoms with Crippen molar-refractivity contribution in [2.75, 3.05) is 13.2 Å². The average Bonchev–Trinajstić information content (AvgIpc) is 2.83. The van der Waals surface area contributed by atoms with E-state index in [9.17, 15) is 14.7 Å². The molecule has 0 saturated carbocycles. The third-order valence-corrected chi connectivity index (χ3v) is 3.02. The van der Waals surface area contributed by atoms with Crippen LogP contribution in [-0.2, 0) is 9.47 Å². The molecular weight excluding hydrogens is 292 g/mol. The van der Waals surface area contributed by atoms with Crippen molar-refractivity contribution in [2.45, 2.75) is 38.4 Å². The highest BCUT2D eigenvalue weighted by Crippen LogP contribution is 2.30. The topological polar surface area (TPSA) is 114 Å². The zero-order valence-corrected chi connectivity index (χ0v) is 12.6. The van der Waals surface area contributed by atoms with Gasteiger partial charge in [-0.15, -0.1) is 6.58 Å². The normalized spacial score (nSPS) is 27.1. The van der Waals surface area contributed by atoms with Crippen LogP contribution in [0.4, 0.5) is 0 Å². The third-order valence-electron chi connectivity index (χ3n) is 3.02. The second-order valence-corrected chi connectivity index (χ2v) is 4.34. The quantitative estimate of drug-likeness (QED) is 0.625. The Morgan fingerprint density at radius 3 is 2.73 bits per heavy atom. The molecule has 0 aromatic carbocycles. The van der Waals surface area contributed by atoms with E-state index in [0.717, 1.165) is 10.6 Å². The minimum Gasteiger partial charge on any atom is -0.394 e. The highest BCUT2D eigenvalue weighted by Gasteiger charge is 2.45. The van der Waals surface area contributed by atoms with Gasteiger partial charge in [0, 0.05) is 12.3 Å². The molecule has 22 heavy (non-hydrogen) atoms. The van der Waals surface area contributed by atoms with E-state index in [-0.39, 0.29) is 6.61 Å². The van der Waals surface area contributed by atoms with Crippen molar-refractivity contribution in [1.29, 1.82) is 0 Å². The van der Waals surface area contributed by atoms with Crippen molar-refractivity contribution < 1.29 is 19.7 Å². The first-order valence-corrected chi connectivity index (χ1v) is 7.07. The Kier molecular flexibility index (Phi) is 7.19. The van der Waals surface area contributed by atoms with Crippen LogP contribution in [-0.4, -0.2) is 51.3 Å². The summed E-state index contributed by atoms with van der Waals surface area (Å²) < 4.78 is 11.9. The molecule has 4 atom stereocenters. The first kappa shape index (κ1) is 18.3. The van der Waals surface area contributed by atoms with E-state index >= 15 is 0 Å². The number of H-pyrrole nitrogens is 1. The van der Waals surface area contributed by atoms with Crippen LogP contribution >= 0.6 is 0 Å². The van der Waals surface area contributed by atoms with Gasteiger partial charge in [0.2, 0.25) is 0 Å². The van der Waals surface area contributed by atoms with E-state index < -0.39 is 42.4 Å². The number of nitrogens with one attached hydrogen (secondary N) is 1. The first-order chi connectivity index (χ1) is 10.6. The van der Waals surface area contributed by atoms with Gasteiger partial charge in [-0.1, -0.05) is 19.9 Å². The lowest BCUT2D eigenvalue weighted by molar-refractivity contribution is -0.0686. The fourth-order valence-electron chi connectivity index (χ4n) is 2.08. The number of ether oxygens (including phenoxy) is 2. The number of aromatic amines is 1. The van der Waals surface area contributed by atoms with Crippen LogP contribution < -0.4 is 11.2 Å². The molecule has 1 saturated heterocycles. The van der Waals surface area contributed by atoms with E-state index in [2.05, 4.69) is 11.6 Å². The molecule has 1 aliphatic heterocycles. The highest BCUT2D eigenvalue weighted by atomic mass is 16.6. The molecule has 124 valence electrons. The molecule has 1 aromatic heterocycles. The van der Waals surface area contributed by atoms with Crippen LogP contribution in [0.3, 0.4) is 0 Å². The summed E-state index contributed by atoms with van der Waals surface area (Å²) in [5.74, 6) is 0. The summed E-state index contributed by atoms with van der Waals surface area (Å²) in [5, 5.41) is 19.2. The molecule has 0 spiro atoms. The number of rotatable bonds is 5. The molecule has 1 fully saturated rings. The zero-order valence-electron chi connectivity index (χ0n) is 12.6. The monoisotopic (exact) mass is 314 g/mol. The molecule has 4 unspecified atom stereocenters. The standard InChI is InChI=1S/C12H16N2O6.C2H6/c1-2-5-19-10-9(17)7(6-15)20-11(10)14-4-3-8(16)13-12(14)18;1-2/h2-4,7,9-11,15,17H,1,5-6H2,(H,13,16,18);1-2H3. The zero-order chi connectivity index (χ0) is 16.7. The molecule has 2 rings (SSSR count). The van der Waals surface area contributed by atoms with E-state index in [1.807, 2.05) is 13.8 Å². The number of hydrogen-bond donors (Lipinski definition) is 3. The molecule has 0 bridgehead atoms. The van der Waals surface area contributed by atoms with Crippen molar-refractivity contribution in [3.63, 3.8) is 0 Å². The number of aliphatic hydroxyl groups excluding tert-OH is 2. The fourth-order valence-corrected chi connectivity index (χ4v) is 2.08. The second kappa shape index (κ2) is 8.64. The maximum absolute atomic E-state index is 11.8. The molecule has 1 aliphatic rings. The van der Waals surface area contributed by atoms with Gasteiger partial charge in [0.05, 0.1) is 13.2 Å². The lowest BCUT2D eigenvalue weighted by atomic mass is 10.1.